The topological polar surface area (TPSA) is 20.2 Å². The SMILES string of the molecule is C[C@@H](O)c1ccc(Br)cc1C(F)(F)F. The molecule has 0 radical (unpaired) electrons. The van der Waals surface area contributed by atoms with E-state index in [0.29, 0.717) is 4.47 Å². The first kappa shape index (κ1) is 11.5. The molecule has 0 bridgehead atoms. The molecule has 0 aliphatic heterocycles. The normalized spacial score (nSPS) is 14.1. The number of aliphatic hydroxyl groups excluding tert-OH is 1. The smallest absolute Gasteiger partial charge is 0.389 e. The molecule has 1 aromatic rings. The van der Waals surface area contributed by atoms with Crippen molar-refractivity contribution in [1.82, 2.24) is 0 Å². The predicted molar refractivity (Wildman–Crippen MR) is 49.8 cm³/mol. The molecule has 0 spiro atoms. The van der Waals surface area contributed by atoms with Crippen LogP contribution in [0.2, 0.25) is 0 Å². The minimum Gasteiger partial charge on any atom is -0.389 e. The van der Waals surface area contributed by atoms with Crippen molar-refractivity contribution in [2.24, 2.45) is 0 Å². The molecule has 0 aromatic heterocycles. The summed E-state index contributed by atoms with van der Waals surface area (Å²) in [5.41, 5.74) is -0.914. The largest absolute Gasteiger partial charge is 0.416 e. The van der Waals surface area contributed by atoms with E-state index >= 15 is 0 Å². The van der Waals surface area contributed by atoms with Gasteiger partial charge in [0.25, 0.3) is 0 Å². The Hall–Kier alpha value is -0.550. The minimum absolute atomic E-state index is 0.110. The van der Waals surface area contributed by atoms with Crippen LogP contribution in [0, 0.1) is 0 Å². The van der Waals surface area contributed by atoms with Gasteiger partial charge in [0.1, 0.15) is 0 Å². The maximum Gasteiger partial charge on any atom is 0.416 e. The quantitative estimate of drug-likeness (QED) is 0.827. The van der Waals surface area contributed by atoms with E-state index in [1.807, 2.05) is 0 Å². The fourth-order valence-corrected chi connectivity index (χ4v) is 1.50. The van der Waals surface area contributed by atoms with Crippen molar-refractivity contribution >= 4 is 15.9 Å². The molecule has 0 aliphatic carbocycles. The molecule has 0 amide bonds. The van der Waals surface area contributed by atoms with Crippen LogP contribution in [0.5, 0.6) is 0 Å². The number of benzene rings is 1. The number of halogens is 4. The number of aliphatic hydroxyl groups is 1. The van der Waals surface area contributed by atoms with Crippen LogP contribution >= 0.6 is 15.9 Å². The van der Waals surface area contributed by atoms with Crippen molar-refractivity contribution in [3.8, 4) is 0 Å². The molecular formula is C9H8BrF3O. The maximum atomic E-state index is 12.5. The number of alkyl halides is 3. The Kier molecular flexibility index (Phi) is 3.21. The third-order valence-corrected chi connectivity index (χ3v) is 2.26. The molecule has 0 unspecified atom stereocenters. The van der Waals surface area contributed by atoms with Gasteiger partial charge in [0.2, 0.25) is 0 Å². The number of hydrogen-bond acceptors (Lipinski definition) is 1. The van der Waals surface area contributed by atoms with Crippen LogP contribution in [0.4, 0.5) is 13.2 Å². The molecule has 0 saturated carbocycles. The highest BCUT2D eigenvalue weighted by atomic mass is 79.9. The summed E-state index contributed by atoms with van der Waals surface area (Å²) in [6.07, 6.45) is -5.56. The van der Waals surface area contributed by atoms with E-state index in [1.54, 1.807) is 0 Å². The van der Waals surface area contributed by atoms with Gasteiger partial charge in [0, 0.05) is 4.47 Å². The first-order valence-electron chi connectivity index (χ1n) is 3.87. The Morgan fingerprint density at radius 1 is 1.36 bits per heavy atom. The van der Waals surface area contributed by atoms with Gasteiger partial charge in [-0.25, -0.2) is 0 Å². The molecule has 0 aliphatic rings. The van der Waals surface area contributed by atoms with Crippen molar-refractivity contribution in [2.45, 2.75) is 19.2 Å². The molecule has 1 nitrogen and oxygen atoms in total. The Balaban J connectivity index is 3.30. The number of rotatable bonds is 1. The molecule has 1 aromatic carbocycles. The maximum absolute atomic E-state index is 12.5. The van der Waals surface area contributed by atoms with Crippen LogP contribution < -0.4 is 0 Å². The Bertz CT molecular complexity index is 333. The third-order valence-electron chi connectivity index (χ3n) is 1.77. The minimum atomic E-state index is -4.43. The zero-order valence-electron chi connectivity index (χ0n) is 7.27. The lowest BCUT2D eigenvalue weighted by atomic mass is 10.0. The summed E-state index contributed by atoms with van der Waals surface area (Å²) in [6, 6.07) is 3.69. The summed E-state index contributed by atoms with van der Waals surface area (Å²) < 4.78 is 37.7. The van der Waals surface area contributed by atoms with Gasteiger partial charge in [-0.2, -0.15) is 13.2 Å². The molecule has 78 valence electrons. The molecule has 0 fully saturated rings. The lowest BCUT2D eigenvalue weighted by molar-refractivity contribution is -0.139. The summed E-state index contributed by atoms with van der Waals surface area (Å²) in [4.78, 5) is 0. The van der Waals surface area contributed by atoms with E-state index in [2.05, 4.69) is 15.9 Å². The summed E-state index contributed by atoms with van der Waals surface area (Å²) in [5.74, 6) is 0. The summed E-state index contributed by atoms with van der Waals surface area (Å²) in [7, 11) is 0. The van der Waals surface area contributed by atoms with Gasteiger partial charge in [0.15, 0.2) is 0 Å². The first-order chi connectivity index (χ1) is 6.32. The standard InChI is InChI=1S/C9H8BrF3O/c1-5(14)7-3-2-6(10)4-8(7)9(11,12)13/h2-5,14H,1H3/t5-/m1/s1. The van der Waals surface area contributed by atoms with Crippen molar-refractivity contribution in [2.75, 3.05) is 0 Å². The molecule has 1 atom stereocenters. The Morgan fingerprint density at radius 3 is 2.36 bits per heavy atom. The van der Waals surface area contributed by atoms with Crippen LogP contribution in [0.25, 0.3) is 0 Å². The van der Waals surface area contributed by atoms with Crippen molar-refractivity contribution in [1.29, 1.82) is 0 Å². The fourth-order valence-electron chi connectivity index (χ4n) is 1.14. The van der Waals surface area contributed by atoms with E-state index in [4.69, 9.17) is 5.11 Å². The fraction of sp³-hybridized carbons (Fsp3) is 0.333. The van der Waals surface area contributed by atoms with Crippen LogP contribution in [0.1, 0.15) is 24.2 Å². The highest BCUT2D eigenvalue weighted by Crippen LogP contribution is 2.36. The second-order valence-corrected chi connectivity index (χ2v) is 3.82. The average Bonchev–Trinajstić information content (AvgIpc) is 2.01. The Labute approximate surface area is 87.7 Å². The van der Waals surface area contributed by atoms with Gasteiger partial charge in [0.05, 0.1) is 11.7 Å². The lowest BCUT2D eigenvalue weighted by Crippen LogP contribution is -2.10. The van der Waals surface area contributed by atoms with Crippen LogP contribution in [-0.2, 0) is 6.18 Å². The monoisotopic (exact) mass is 268 g/mol. The van der Waals surface area contributed by atoms with Crippen molar-refractivity contribution in [3.63, 3.8) is 0 Å². The third kappa shape index (κ3) is 2.48. The second-order valence-electron chi connectivity index (χ2n) is 2.91. The lowest BCUT2D eigenvalue weighted by Gasteiger charge is -2.14. The van der Waals surface area contributed by atoms with Gasteiger partial charge < -0.3 is 5.11 Å². The van der Waals surface area contributed by atoms with Gasteiger partial charge in [-0.05, 0) is 24.6 Å². The van der Waals surface area contributed by atoms with Crippen LogP contribution in [-0.4, -0.2) is 5.11 Å². The van der Waals surface area contributed by atoms with E-state index in [-0.39, 0.29) is 5.56 Å². The highest BCUT2D eigenvalue weighted by Gasteiger charge is 2.34. The summed E-state index contributed by atoms with van der Waals surface area (Å²) in [6.45, 7) is 1.30. The molecule has 14 heavy (non-hydrogen) atoms. The van der Waals surface area contributed by atoms with Crippen molar-refractivity contribution < 1.29 is 18.3 Å². The van der Waals surface area contributed by atoms with Gasteiger partial charge in [-0.15, -0.1) is 0 Å². The predicted octanol–water partition coefficient (Wildman–Crippen LogP) is 3.52. The first-order valence-corrected chi connectivity index (χ1v) is 4.66. The average molecular weight is 269 g/mol. The van der Waals surface area contributed by atoms with E-state index < -0.39 is 17.8 Å². The molecule has 0 heterocycles. The van der Waals surface area contributed by atoms with Gasteiger partial charge in [-0.3, -0.25) is 0 Å². The van der Waals surface area contributed by atoms with Gasteiger partial charge >= 0.3 is 6.18 Å². The summed E-state index contributed by atoms with van der Waals surface area (Å²) >= 11 is 2.96. The van der Waals surface area contributed by atoms with E-state index in [1.165, 1.54) is 19.1 Å². The van der Waals surface area contributed by atoms with Crippen molar-refractivity contribution in [3.05, 3.63) is 33.8 Å². The highest BCUT2D eigenvalue weighted by molar-refractivity contribution is 9.10. The van der Waals surface area contributed by atoms with E-state index in [0.717, 1.165) is 6.07 Å². The van der Waals surface area contributed by atoms with E-state index in [9.17, 15) is 13.2 Å². The summed E-state index contributed by atoms with van der Waals surface area (Å²) in [5, 5.41) is 9.14. The molecule has 1 rings (SSSR count). The number of hydrogen-bond donors (Lipinski definition) is 1. The van der Waals surface area contributed by atoms with Crippen LogP contribution in [0.15, 0.2) is 22.7 Å². The molecule has 0 saturated heterocycles. The second kappa shape index (κ2) is 3.90. The zero-order valence-corrected chi connectivity index (χ0v) is 8.85. The van der Waals surface area contributed by atoms with Gasteiger partial charge in [-0.1, -0.05) is 22.0 Å². The van der Waals surface area contributed by atoms with Crippen LogP contribution in [0.3, 0.4) is 0 Å². The molecule has 5 heteroatoms. The molecule has 1 N–H and O–H groups in total. The Morgan fingerprint density at radius 2 is 1.93 bits per heavy atom. The molecular weight excluding hydrogens is 261 g/mol. The zero-order chi connectivity index (χ0) is 10.9.